The van der Waals surface area contributed by atoms with Gasteiger partial charge in [-0.05, 0) is 36.8 Å². The van der Waals surface area contributed by atoms with Gasteiger partial charge in [0.25, 0.3) is 5.91 Å². The lowest BCUT2D eigenvalue weighted by atomic mass is 10.0. The second-order valence-electron chi connectivity index (χ2n) is 5.25. The summed E-state index contributed by atoms with van der Waals surface area (Å²) in [7, 11) is 0. The number of hydrogen-bond acceptors (Lipinski definition) is 4. The Hall–Kier alpha value is -2.91. The zero-order chi connectivity index (χ0) is 17.5. The first kappa shape index (κ1) is 17.4. The molecule has 0 saturated carbocycles. The van der Waals surface area contributed by atoms with Crippen LogP contribution in [0.5, 0.6) is 0 Å². The monoisotopic (exact) mass is 327 g/mol. The number of pyridine rings is 1. The van der Waals surface area contributed by atoms with Gasteiger partial charge in [-0.15, -0.1) is 6.42 Å². The van der Waals surface area contributed by atoms with Crippen molar-refractivity contribution in [3.63, 3.8) is 0 Å². The summed E-state index contributed by atoms with van der Waals surface area (Å²) in [6.45, 7) is 1.93. The Morgan fingerprint density at radius 3 is 2.62 bits per heavy atom. The molecule has 5 nitrogen and oxygen atoms in total. The number of nitrogens with one attached hydrogen (secondary N) is 2. The van der Waals surface area contributed by atoms with E-state index in [1.54, 1.807) is 19.1 Å². The smallest absolute Gasteiger partial charge is 0.253 e. The number of terminal acetylenes is 1. The van der Waals surface area contributed by atoms with E-state index in [1.807, 2.05) is 0 Å². The van der Waals surface area contributed by atoms with Gasteiger partial charge in [-0.2, -0.15) is 0 Å². The molecule has 6 heteroatoms. The van der Waals surface area contributed by atoms with Crippen LogP contribution in [0, 0.1) is 18.2 Å². The third kappa shape index (κ3) is 4.54. The normalized spacial score (nSPS) is 12.8. The van der Waals surface area contributed by atoms with Crippen molar-refractivity contribution in [3.8, 4) is 12.3 Å². The van der Waals surface area contributed by atoms with E-state index in [1.165, 1.54) is 30.5 Å². The minimum atomic E-state index is -0.828. The van der Waals surface area contributed by atoms with Crippen LogP contribution in [0.1, 0.15) is 28.9 Å². The fourth-order valence-corrected chi connectivity index (χ4v) is 2.11. The molecule has 1 aromatic heterocycles. The Labute approximate surface area is 139 Å². The van der Waals surface area contributed by atoms with E-state index in [4.69, 9.17) is 6.42 Å². The molecule has 0 fully saturated rings. The number of nitrogens with zero attached hydrogens (tertiary/aromatic N) is 1. The number of aromatic nitrogens is 1. The molecule has 0 aliphatic heterocycles. The number of aliphatic hydroxyl groups is 1. The van der Waals surface area contributed by atoms with Crippen LogP contribution in [0.15, 0.2) is 42.6 Å². The fraction of sp³-hybridized carbons (Fsp3) is 0.222. The molecular formula is C18H18FN3O2. The summed E-state index contributed by atoms with van der Waals surface area (Å²) in [5.74, 6) is 2.18. The first-order valence-electron chi connectivity index (χ1n) is 7.39. The number of amides is 1. The van der Waals surface area contributed by atoms with E-state index >= 15 is 0 Å². The highest BCUT2D eigenvalue weighted by Gasteiger charge is 2.17. The van der Waals surface area contributed by atoms with Crippen molar-refractivity contribution in [2.45, 2.75) is 19.1 Å². The van der Waals surface area contributed by atoms with E-state index in [0.29, 0.717) is 16.9 Å². The summed E-state index contributed by atoms with van der Waals surface area (Å²) in [5.41, 5.74) is 0.990. The molecule has 1 amide bonds. The topological polar surface area (TPSA) is 74.2 Å². The van der Waals surface area contributed by atoms with Gasteiger partial charge in [-0.25, -0.2) is 9.37 Å². The van der Waals surface area contributed by atoms with Gasteiger partial charge in [0.05, 0.1) is 24.3 Å². The summed E-state index contributed by atoms with van der Waals surface area (Å²) in [5, 5.41) is 15.9. The molecule has 2 atom stereocenters. The van der Waals surface area contributed by atoms with E-state index in [0.717, 1.165) is 0 Å². The quantitative estimate of drug-likeness (QED) is 0.711. The summed E-state index contributed by atoms with van der Waals surface area (Å²) >= 11 is 0. The highest BCUT2D eigenvalue weighted by atomic mass is 19.1. The van der Waals surface area contributed by atoms with E-state index in [9.17, 15) is 14.3 Å². The summed E-state index contributed by atoms with van der Waals surface area (Å²) < 4.78 is 12.9. The average molecular weight is 327 g/mol. The molecule has 24 heavy (non-hydrogen) atoms. The van der Waals surface area contributed by atoms with Crippen molar-refractivity contribution in [2.24, 2.45) is 0 Å². The molecule has 3 N–H and O–H groups in total. The van der Waals surface area contributed by atoms with Crippen molar-refractivity contribution >= 4 is 11.7 Å². The first-order chi connectivity index (χ1) is 11.5. The van der Waals surface area contributed by atoms with Crippen LogP contribution in [0.25, 0.3) is 0 Å². The van der Waals surface area contributed by atoms with Gasteiger partial charge >= 0.3 is 0 Å². The predicted octanol–water partition coefficient (Wildman–Crippen LogP) is 2.12. The number of carbonyl (C=O) groups excluding carboxylic acids is 1. The lowest BCUT2D eigenvalue weighted by Gasteiger charge is -2.21. The van der Waals surface area contributed by atoms with Crippen LogP contribution in [0.4, 0.5) is 10.2 Å². The predicted molar refractivity (Wildman–Crippen MR) is 89.8 cm³/mol. The summed E-state index contributed by atoms with van der Waals surface area (Å²) in [4.78, 5) is 15.9. The Morgan fingerprint density at radius 2 is 2.04 bits per heavy atom. The van der Waals surface area contributed by atoms with E-state index in [2.05, 4.69) is 21.5 Å². The number of carbonyl (C=O) groups is 1. The van der Waals surface area contributed by atoms with Gasteiger partial charge in [-0.1, -0.05) is 18.1 Å². The Kier molecular flexibility index (Phi) is 5.88. The van der Waals surface area contributed by atoms with Crippen molar-refractivity contribution in [1.29, 1.82) is 0 Å². The molecule has 124 valence electrons. The van der Waals surface area contributed by atoms with Crippen molar-refractivity contribution < 1.29 is 14.3 Å². The molecule has 0 radical (unpaired) electrons. The van der Waals surface area contributed by atoms with Crippen LogP contribution in [0.3, 0.4) is 0 Å². The molecule has 1 heterocycles. The SMILES string of the molecule is C#CCNC(=O)c1ccc(N[C@H](C)[C@H](O)c2ccc(F)cc2)nc1. The van der Waals surface area contributed by atoms with Gasteiger partial charge in [0.1, 0.15) is 11.6 Å². The molecule has 0 saturated heterocycles. The van der Waals surface area contributed by atoms with Gasteiger partial charge in [0.15, 0.2) is 0 Å². The van der Waals surface area contributed by atoms with Crippen molar-refractivity contribution in [3.05, 3.63) is 59.5 Å². The average Bonchev–Trinajstić information content (AvgIpc) is 2.60. The van der Waals surface area contributed by atoms with Crippen molar-refractivity contribution in [2.75, 3.05) is 11.9 Å². The van der Waals surface area contributed by atoms with Gasteiger partial charge in [0.2, 0.25) is 0 Å². The number of hydrogen-bond donors (Lipinski definition) is 3. The van der Waals surface area contributed by atoms with Gasteiger partial charge in [0, 0.05) is 6.20 Å². The largest absolute Gasteiger partial charge is 0.386 e. The minimum Gasteiger partial charge on any atom is -0.386 e. The Morgan fingerprint density at radius 1 is 1.33 bits per heavy atom. The highest BCUT2D eigenvalue weighted by Crippen LogP contribution is 2.20. The molecule has 0 bridgehead atoms. The molecule has 0 unspecified atom stereocenters. The first-order valence-corrected chi connectivity index (χ1v) is 7.39. The maximum absolute atomic E-state index is 12.9. The maximum Gasteiger partial charge on any atom is 0.253 e. The maximum atomic E-state index is 12.9. The molecular weight excluding hydrogens is 309 g/mol. The Bertz CT molecular complexity index is 723. The number of halogens is 1. The number of aliphatic hydroxyl groups excluding tert-OH is 1. The van der Waals surface area contributed by atoms with Gasteiger partial charge in [-0.3, -0.25) is 4.79 Å². The van der Waals surface area contributed by atoms with E-state index in [-0.39, 0.29) is 24.3 Å². The van der Waals surface area contributed by atoms with E-state index < -0.39 is 6.10 Å². The van der Waals surface area contributed by atoms with Crippen LogP contribution in [0.2, 0.25) is 0 Å². The summed E-state index contributed by atoms with van der Waals surface area (Å²) in [6, 6.07) is 8.55. The fourth-order valence-electron chi connectivity index (χ4n) is 2.11. The molecule has 0 aliphatic carbocycles. The lowest BCUT2D eigenvalue weighted by Crippen LogP contribution is -2.25. The summed E-state index contributed by atoms with van der Waals surface area (Å²) in [6.07, 6.45) is 5.68. The van der Waals surface area contributed by atoms with Crippen LogP contribution < -0.4 is 10.6 Å². The van der Waals surface area contributed by atoms with Gasteiger partial charge < -0.3 is 15.7 Å². The Balaban J connectivity index is 1.98. The standard InChI is InChI=1S/C18H18FN3O2/c1-3-10-20-18(24)14-6-9-16(21-11-14)22-12(2)17(23)13-4-7-15(19)8-5-13/h1,4-9,11-12,17,23H,10H2,2H3,(H,20,24)(H,21,22)/t12-,17+/m1/s1. The highest BCUT2D eigenvalue weighted by molar-refractivity contribution is 5.94. The molecule has 2 rings (SSSR count). The zero-order valence-electron chi connectivity index (χ0n) is 13.2. The minimum absolute atomic E-state index is 0.153. The number of anilines is 1. The second kappa shape index (κ2) is 8.09. The molecule has 0 spiro atoms. The number of rotatable bonds is 6. The second-order valence-corrected chi connectivity index (χ2v) is 5.25. The van der Waals surface area contributed by atoms with Crippen LogP contribution in [-0.2, 0) is 0 Å². The van der Waals surface area contributed by atoms with Crippen LogP contribution in [-0.4, -0.2) is 28.6 Å². The molecule has 2 aromatic rings. The molecule has 0 aliphatic rings. The third-order valence-electron chi connectivity index (χ3n) is 3.44. The lowest BCUT2D eigenvalue weighted by molar-refractivity contribution is 0.0958. The van der Waals surface area contributed by atoms with Crippen molar-refractivity contribution in [1.82, 2.24) is 10.3 Å². The zero-order valence-corrected chi connectivity index (χ0v) is 13.2. The molecule has 1 aromatic carbocycles. The number of benzene rings is 1. The van der Waals surface area contributed by atoms with Crippen LogP contribution >= 0.6 is 0 Å². The third-order valence-corrected chi connectivity index (χ3v) is 3.44.